The van der Waals surface area contributed by atoms with Gasteiger partial charge in [0, 0.05) is 34.9 Å². The van der Waals surface area contributed by atoms with Crippen molar-refractivity contribution in [2.24, 2.45) is 5.92 Å². The molecule has 0 radical (unpaired) electrons. The molecule has 1 atom stereocenters. The first-order valence-corrected chi connectivity index (χ1v) is 11.2. The Morgan fingerprint density at radius 1 is 1.32 bits per heavy atom. The molecular weight excluding hydrogens is 396 g/mol. The van der Waals surface area contributed by atoms with Gasteiger partial charge in [-0.05, 0) is 37.3 Å². The van der Waals surface area contributed by atoms with Crippen LogP contribution in [0.15, 0.2) is 29.2 Å². The van der Waals surface area contributed by atoms with Crippen molar-refractivity contribution in [1.82, 2.24) is 9.88 Å². The number of hydrogen-bond donors (Lipinski definition) is 0. The van der Waals surface area contributed by atoms with Gasteiger partial charge in [-0.15, -0.1) is 11.8 Å². The average Bonchev–Trinajstić information content (AvgIpc) is 3.35. The molecule has 0 bridgehead atoms. The Labute approximate surface area is 173 Å². The number of rotatable bonds is 5. The number of amides is 1. The molecule has 4 rings (SSSR count). The van der Waals surface area contributed by atoms with Crippen LogP contribution in [0.1, 0.15) is 37.7 Å². The number of aromatic nitrogens is 1. The SMILES string of the molecule is CSc1ccc2cc(COC(=O)[C@H]3CC(=O)N(C4CCCC4)C3)c(Cl)nc2c1. The first kappa shape index (κ1) is 19.5. The Morgan fingerprint density at radius 3 is 2.86 bits per heavy atom. The Morgan fingerprint density at radius 2 is 2.11 bits per heavy atom. The van der Waals surface area contributed by atoms with Crippen molar-refractivity contribution in [1.29, 1.82) is 0 Å². The van der Waals surface area contributed by atoms with Crippen LogP contribution in [-0.2, 0) is 20.9 Å². The summed E-state index contributed by atoms with van der Waals surface area (Å²) in [5, 5.41) is 1.30. The maximum atomic E-state index is 12.5. The van der Waals surface area contributed by atoms with Crippen molar-refractivity contribution in [2.45, 2.75) is 49.6 Å². The van der Waals surface area contributed by atoms with E-state index in [1.165, 1.54) is 0 Å². The molecule has 1 amide bonds. The number of pyridine rings is 1. The average molecular weight is 419 g/mol. The van der Waals surface area contributed by atoms with Gasteiger partial charge < -0.3 is 9.64 Å². The summed E-state index contributed by atoms with van der Waals surface area (Å²) in [5.74, 6) is -0.643. The van der Waals surface area contributed by atoms with Crippen molar-refractivity contribution in [3.05, 3.63) is 35.0 Å². The fraction of sp³-hybridized carbons (Fsp3) is 0.476. The Kier molecular flexibility index (Phi) is 5.78. The number of thioether (sulfide) groups is 1. The summed E-state index contributed by atoms with van der Waals surface area (Å²) in [7, 11) is 0. The van der Waals surface area contributed by atoms with Gasteiger partial charge in [0.1, 0.15) is 11.8 Å². The highest BCUT2D eigenvalue weighted by atomic mass is 35.5. The third-order valence-corrected chi connectivity index (χ3v) is 6.73. The predicted octanol–water partition coefficient (Wildman–Crippen LogP) is 4.44. The van der Waals surface area contributed by atoms with E-state index in [4.69, 9.17) is 16.3 Å². The fourth-order valence-electron chi connectivity index (χ4n) is 4.12. The number of likely N-dealkylation sites (tertiary alicyclic amines) is 1. The molecule has 148 valence electrons. The number of carbonyl (C=O) groups is 2. The van der Waals surface area contributed by atoms with E-state index in [0.717, 1.165) is 41.5 Å². The molecule has 0 spiro atoms. The zero-order chi connectivity index (χ0) is 19.7. The Bertz CT molecular complexity index is 914. The molecule has 1 aromatic heterocycles. The summed E-state index contributed by atoms with van der Waals surface area (Å²) in [6.07, 6.45) is 6.67. The fourth-order valence-corrected chi connectivity index (χ4v) is 4.75. The van der Waals surface area contributed by atoms with Crippen LogP contribution in [-0.4, -0.2) is 40.6 Å². The predicted molar refractivity (Wildman–Crippen MR) is 110 cm³/mol. The molecule has 1 saturated carbocycles. The Balaban J connectivity index is 1.40. The summed E-state index contributed by atoms with van der Waals surface area (Å²) in [6.45, 7) is 0.544. The van der Waals surface area contributed by atoms with Gasteiger partial charge in [0.15, 0.2) is 0 Å². The van der Waals surface area contributed by atoms with E-state index in [9.17, 15) is 9.59 Å². The topological polar surface area (TPSA) is 59.5 Å². The molecule has 1 saturated heterocycles. The lowest BCUT2D eigenvalue weighted by atomic mass is 10.1. The summed E-state index contributed by atoms with van der Waals surface area (Å²) in [4.78, 5) is 32.2. The van der Waals surface area contributed by atoms with E-state index in [2.05, 4.69) is 4.98 Å². The number of nitrogens with zero attached hydrogens (tertiary/aromatic N) is 2. The van der Waals surface area contributed by atoms with Crippen LogP contribution >= 0.6 is 23.4 Å². The summed E-state index contributed by atoms with van der Waals surface area (Å²) in [5.41, 5.74) is 1.50. The molecule has 7 heteroatoms. The van der Waals surface area contributed by atoms with E-state index >= 15 is 0 Å². The third kappa shape index (κ3) is 3.98. The molecule has 28 heavy (non-hydrogen) atoms. The molecule has 5 nitrogen and oxygen atoms in total. The van der Waals surface area contributed by atoms with Crippen molar-refractivity contribution in [2.75, 3.05) is 12.8 Å². The van der Waals surface area contributed by atoms with Gasteiger partial charge in [-0.1, -0.05) is 30.5 Å². The maximum Gasteiger partial charge on any atom is 0.311 e. The number of halogens is 1. The van der Waals surface area contributed by atoms with Gasteiger partial charge in [0.05, 0.1) is 11.4 Å². The number of hydrogen-bond acceptors (Lipinski definition) is 5. The van der Waals surface area contributed by atoms with Gasteiger partial charge in [-0.25, -0.2) is 4.98 Å². The number of carbonyl (C=O) groups excluding carboxylic acids is 2. The maximum absolute atomic E-state index is 12.5. The van der Waals surface area contributed by atoms with Crippen molar-refractivity contribution in [3.8, 4) is 0 Å². The minimum absolute atomic E-state index is 0.0685. The highest BCUT2D eigenvalue weighted by Crippen LogP contribution is 2.30. The van der Waals surface area contributed by atoms with E-state index in [1.54, 1.807) is 11.8 Å². The first-order chi connectivity index (χ1) is 13.5. The molecule has 2 heterocycles. The lowest BCUT2D eigenvalue weighted by molar-refractivity contribution is -0.149. The molecule has 0 unspecified atom stereocenters. The van der Waals surface area contributed by atoms with Crippen molar-refractivity contribution < 1.29 is 14.3 Å². The Hall–Kier alpha value is -1.79. The monoisotopic (exact) mass is 418 g/mol. The van der Waals surface area contributed by atoms with Crippen molar-refractivity contribution >= 4 is 46.1 Å². The van der Waals surface area contributed by atoms with Crippen molar-refractivity contribution in [3.63, 3.8) is 0 Å². The quantitative estimate of drug-likeness (QED) is 0.408. The summed E-state index contributed by atoms with van der Waals surface area (Å²) < 4.78 is 5.50. The number of fused-ring (bicyclic) bond motifs is 1. The molecular formula is C21H23ClN2O3S. The van der Waals surface area contributed by atoms with Crippen LogP contribution in [0.5, 0.6) is 0 Å². The van der Waals surface area contributed by atoms with Gasteiger partial charge in [-0.3, -0.25) is 9.59 Å². The van der Waals surface area contributed by atoms with Crippen LogP contribution < -0.4 is 0 Å². The van der Waals surface area contributed by atoms with E-state index < -0.39 is 0 Å². The van der Waals surface area contributed by atoms with Gasteiger partial charge in [0.25, 0.3) is 0 Å². The van der Waals surface area contributed by atoms with Gasteiger partial charge in [-0.2, -0.15) is 0 Å². The molecule has 0 N–H and O–H groups in total. The first-order valence-electron chi connectivity index (χ1n) is 9.64. The number of benzene rings is 1. The van der Waals surface area contributed by atoms with E-state index in [-0.39, 0.29) is 30.8 Å². The van der Waals surface area contributed by atoms with Crippen LogP contribution in [0.4, 0.5) is 0 Å². The molecule has 1 aliphatic heterocycles. The molecule has 2 aliphatic rings. The van der Waals surface area contributed by atoms with E-state index in [0.29, 0.717) is 23.3 Å². The molecule has 2 aromatic rings. The third-order valence-electron chi connectivity index (χ3n) is 5.68. The highest BCUT2D eigenvalue weighted by Gasteiger charge is 2.39. The van der Waals surface area contributed by atoms with Crippen LogP contribution in [0.25, 0.3) is 10.9 Å². The lowest BCUT2D eigenvalue weighted by Gasteiger charge is -2.23. The number of ether oxygens (including phenoxy) is 1. The zero-order valence-electron chi connectivity index (χ0n) is 15.8. The van der Waals surface area contributed by atoms with Crippen LogP contribution in [0, 0.1) is 5.92 Å². The summed E-state index contributed by atoms with van der Waals surface area (Å²) in [6, 6.07) is 8.22. The minimum Gasteiger partial charge on any atom is -0.460 e. The second-order valence-electron chi connectivity index (χ2n) is 7.49. The summed E-state index contributed by atoms with van der Waals surface area (Å²) >= 11 is 7.95. The zero-order valence-corrected chi connectivity index (χ0v) is 17.4. The molecule has 1 aliphatic carbocycles. The second kappa shape index (κ2) is 8.29. The standard InChI is InChI=1S/C21H23ClN2O3S/c1-28-17-7-6-13-8-15(20(22)23-18(13)10-17)12-27-21(26)14-9-19(25)24(11-14)16-4-2-3-5-16/h6-8,10,14,16H,2-5,9,11-12H2,1H3/t14-/m0/s1. The molecule has 2 fully saturated rings. The highest BCUT2D eigenvalue weighted by molar-refractivity contribution is 7.98. The van der Waals surface area contributed by atoms with Crippen LogP contribution in [0.2, 0.25) is 5.15 Å². The van der Waals surface area contributed by atoms with Gasteiger partial charge in [0.2, 0.25) is 5.91 Å². The lowest BCUT2D eigenvalue weighted by Crippen LogP contribution is -2.35. The van der Waals surface area contributed by atoms with Gasteiger partial charge >= 0.3 is 5.97 Å². The van der Waals surface area contributed by atoms with E-state index in [1.807, 2.05) is 35.4 Å². The van der Waals surface area contributed by atoms with Crippen LogP contribution in [0.3, 0.4) is 0 Å². The smallest absolute Gasteiger partial charge is 0.311 e. The second-order valence-corrected chi connectivity index (χ2v) is 8.73. The largest absolute Gasteiger partial charge is 0.460 e. The molecule has 1 aromatic carbocycles. The normalized spacial score (nSPS) is 20.3. The minimum atomic E-state index is -0.385. The number of esters is 1.